The summed E-state index contributed by atoms with van der Waals surface area (Å²) in [6.07, 6.45) is 0. The second-order valence-electron chi connectivity index (χ2n) is 4.32. The van der Waals surface area contributed by atoms with Gasteiger partial charge in [-0.15, -0.1) is 0 Å². The Labute approximate surface area is 122 Å². The van der Waals surface area contributed by atoms with E-state index in [0.29, 0.717) is 15.9 Å². The summed E-state index contributed by atoms with van der Waals surface area (Å²) >= 11 is 3.24. The molecule has 0 spiro atoms. The summed E-state index contributed by atoms with van der Waals surface area (Å²) in [5.74, 6) is -0.409. The van der Waals surface area contributed by atoms with E-state index in [2.05, 4.69) is 21.2 Å². The largest absolute Gasteiger partial charge is 0.376 e. The maximum Gasteiger partial charge on any atom is 0.330 e. The number of hydrogen-bond acceptors (Lipinski definition) is 3. The third-order valence-electron chi connectivity index (χ3n) is 3.03. The van der Waals surface area contributed by atoms with Crippen molar-refractivity contribution >= 4 is 21.6 Å². The fourth-order valence-electron chi connectivity index (χ4n) is 1.79. The Morgan fingerprint density at radius 3 is 2.60 bits per heavy atom. The van der Waals surface area contributed by atoms with E-state index < -0.39 is 17.1 Å². The minimum Gasteiger partial charge on any atom is -0.376 e. The van der Waals surface area contributed by atoms with Crippen LogP contribution < -0.4 is 16.6 Å². The van der Waals surface area contributed by atoms with Gasteiger partial charge in [0.05, 0.1) is 12.2 Å². The van der Waals surface area contributed by atoms with Gasteiger partial charge in [-0.25, -0.2) is 9.18 Å². The van der Waals surface area contributed by atoms with E-state index in [9.17, 15) is 14.0 Å². The Morgan fingerprint density at radius 2 is 1.95 bits per heavy atom. The molecule has 5 nitrogen and oxygen atoms in total. The van der Waals surface area contributed by atoms with Gasteiger partial charge < -0.3 is 5.32 Å². The van der Waals surface area contributed by atoms with Crippen molar-refractivity contribution in [1.29, 1.82) is 0 Å². The van der Waals surface area contributed by atoms with Crippen molar-refractivity contribution in [2.75, 3.05) is 5.32 Å². The summed E-state index contributed by atoms with van der Waals surface area (Å²) in [6.45, 7) is 0.168. The molecule has 0 fully saturated rings. The summed E-state index contributed by atoms with van der Waals surface area (Å²) in [6, 6.07) is 5.96. The maximum absolute atomic E-state index is 13.6. The van der Waals surface area contributed by atoms with Crippen molar-refractivity contribution in [3.63, 3.8) is 0 Å². The number of anilines is 1. The van der Waals surface area contributed by atoms with Crippen LogP contribution >= 0.6 is 15.9 Å². The van der Waals surface area contributed by atoms with Crippen LogP contribution in [0.2, 0.25) is 0 Å². The number of nitrogens with zero attached hydrogens (tertiary/aromatic N) is 2. The molecule has 0 unspecified atom stereocenters. The molecule has 0 bridgehead atoms. The van der Waals surface area contributed by atoms with Crippen LogP contribution in [0, 0.1) is 5.82 Å². The van der Waals surface area contributed by atoms with E-state index in [0.717, 1.165) is 4.57 Å². The van der Waals surface area contributed by atoms with E-state index in [1.54, 1.807) is 19.2 Å². The van der Waals surface area contributed by atoms with Crippen LogP contribution in [0.25, 0.3) is 0 Å². The molecule has 0 amide bonds. The summed E-state index contributed by atoms with van der Waals surface area (Å²) in [4.78, 5) is 23.4. The molecule has 1 aromatic carbocycles. The Kier molecular flexibility index (Phi) is 4.08. The van der Waals surface area contributed by atoms with Gasteiger partial charge in [0.1, 0.15) is 5.82 Å². The highest BCUT2D eigenvalue weighted by atomic mass is 79.9. The molecular weight excluding hydrogens is 329 g/mol. The molecule has 0 aliphatic rings. The Hall–Kier alpha value is -1.89. The first kappa shape index (κ1) is 14.5. The van der Waals surface area contributed by atoms with E-state index in [4.69, 9.17) is 0 Å². The predicted molar refractivity (Wildman–Crippen MR) is 78.4 cm³/mol. The van der Waals surface area contributed by atoms with Gasteiger partial charge in [-0.2, -0.15) is 0 Å². The first-order valence-corrected chi connectivity index (χ1v) is 6.65. The van der Waals surface area contributed by atoms with Gasteiger partial charge in [-0.1, -0.05) is 6.07 Å². The highest BCUT2D eigenvalue weighted by molar-refractivity contribution is 9.10. The molecule has 1 heterocycles. The molecule has 0 aliphatic heterocycles. The first-order chi connectivity index (χ1) is 9.41. The first-order valence-electron chi connectivity index (χ1n) is 5.85. The molecule has 0 radical (unpaired) electrons. The van der Waals surface area contributed by atoms with Crippen molar-refractivity contribution in [1.82, 2.24) is 9.13 Å². The molecule has 20 heavy (non-hydrogen) atoms. The van der Waals surface area contributed by atoms with E-state index in [1.165, 1.54) is 23.7 Å². The van der Waals surface area contributed by atoms with Crippen LogP contribution in [0.5, 0.6) is 0 Å². The molecule has 106 valence electrons. The topological polar surface area (TPSA) is 56.0 Å². The fraction of sp³-hybridized carbons (Fsp3) is 0.231. The Balaban J connectivity index is 2.33. The third kappa shape index (κ3) is 2.67. The normalized spacial score (nSPS) is 10.6. The number of hydrogen-bond donors (Lipinski definition) is 1. The van der Waals surface area contributed by atoms with Gasteiger partial charge in [0.2, 0.25) is 0 Å². The van der Waals surface area contributed by atoms with Crippen LogP contribution in [0.4, 0.5) is 10.1 Å². The van der Waals surface area contributed by atoms with Gasteiger partial charge in [0.25, 0.3) is 5.56 Å². The van der Waals surface area contributed by atoms with Gasteiger partial charge >= 0.3 is 5.69 Å². The standard InChI is InChI=1S/C13H13BrFN3O2/c1-17-8(6-11(19)18(2)13(17)20)7-16-12-9(14)4-3-5-10(12)15/h3-6,16H,7H2,1-2H3. The molecule has 0 saturated heterocycles. The average Bonchev–Trinajstić information content (AvgIpc) is 2.41. The quantitative estimate of drug-likeness (QED) is 0.922. The SMILES string of the molecule is Cn1c(CNc2c(F)cccc2Br)cc(=O)n(C)c1=O. The predicted octanol–water partition coefficient (Wildman–Crippen LogP) is 1.60. The van der Waals surface area contributed by atoms with Crippen LogP contribution in [-0.2, 0) is 20.6 Å². The summed E-state index contributed by atoms with van der Waals surface area (Å²) in [5.41, 5.74) is -0.0340. The lowest BCUT2D eigenvalue weighted by atomic mass is 10.3. The average molecular weight is 342 g/mol. The van der Waals surface area contributed by atoms with Crippen molar-refractivity contribution in [3.8, 4) is 0 Å². The van der Waals surface area contributed by atoms with Crippen LogP contribution in [0.15, 0.2) is 38.3 Å². The van der Waals surface area contributed by atoms with Crippen LogP contribution in [-0.4, -0.2) is 9.13 Å². The molecule has 1 N–H and O–H groups in total. The van der Waals surface area contributed by atoms with Crippen molar-refractivity contribution < 1.29 is 4.39 Å². The highest BCUT2D eigenvalue weighted by Gasteiger charge is 2.09. The Morgan fingerprint density at radius 1 is 1.25 bits per heavy atom. The Bertz CT molecular complexity index is 747. The fourth-order valence-corrected chi connectivity index (χ4v) is 2.28. The van der Waals surface area contributed by atoms with Crippen LogP contribution in [0.1, 0.15) is 5.69 Å². The molecule has 0 saturated carbocycles. The molecule has 1 aromatic heterocycles. The maximum atomic E-state index is 13.6. The van der Waals surface area contributed by atoms with Crippen molar-refractivity contribution in [2.45, 2.75) is 6.54 Å². The number of rotatable bonds is 3. The second-order valence-corrected chi connectivity index (χ2v) is 5.18. The summed E-state index contributed by atoms with van der Waals surface area (Å²) in [7, 11) is 2.98. The van der Waals surface area contributed by atoms with Crippen molar-refractivity contribution in [2.24, 2.45) is 14.1 Å². The number of benzene rings is 1. The van der Waals surface area contributed by atoms with Crippen LogP contribution in [0.3, 0.4) is 0 Å². The number of para-hydroxylation sites is 1. The second kappa shape index (κ2) is 5.62. The number of halogens is 2. The summed E-state index contributed by atoms with van der Waals surface area (Å²) in [5, 5.41) is 2.88. The van der Waals surface area contributed by atoms with Gasteiger partial charge in [-0.05, 0) is 28.1 Å². The molecule has 2 rings (SSSR count). The third-order valence-corrected chi connectivity index (χ3v) is 3.70. The van der Waals surface area contributed by atoms with E-state index in [1.807, 2.05) is 0 Å². The molecule has 7 heteroatoms. The lowest BCUT2D eigenvalue weighted by molar-refractivity contribution is 0.626. The number of aromatic nitrogens is 2. The van der Waals surface area contributed by atoms with Crippen molar-refractivity contribution in [3.05, 3.63) is 61.1 Å². The molecule has 0 aliphatic carbocycles. The monoisotopic (exact) mass is 341 g/mol. The van der Waals surface area contributed by atoms with Gasteiger partial charge in [0, 0.05) is 30.3 Å². The summed E-state index contributed by atoms with van der Waals surface area (Å²) < 4.78 is 16.6. The van der Waals surface area contributed by atoms with E-state index in [-0.39, 0.29) is 6.54 Å². The van der Waals surface area contributed by atoms with Gasteiger partial charge in [-0.3, -0.25) is 13.9 Å². The molecular formula is C13H13BrFN3O2. The smallest absolute Gasteiger partial charge is 0.330 e. The van der Waals surface area contributed by atoms with E-state index >= 15 is 0 Å². The zero-order chi connectivity index (χ0) is 14.9. The minimum absolute atomic E-state index is 0.168. The number of nitrogens with one attached hydrogen (secondary N) is 1. The lowest BCUT2D eigenvalue weighted by Gasteiger charge is -2.12. The molecule has 2 aromatic rings. The molecule has 0 atom stereocenters. The highest BCUT2D eigenvalue weighted by Crippen LogP contribution is 2.25. The zero-order valence-electron chi connectivity index (χ0n) is 11.0. The zero-order valence-corrected chi connectivity index (χ0v) is 12.6. The lowest BCUT2D eigenvalue weighted by Crippen LogP contribution is -2.38. The van der Waals surface area contributed by atoms with Gasteiger partial charge in [0.15, 0.2) is 0 Å². The minimum atomic E-state index is -0.415.